The number of hydrogen-bond acceptors (Lipinski definition) is 5. The maximum absolute atomic E-state index is 12.6. The maximum atomic E-state index is 12.6. The van der Waals surface area contributed by atoms with Gasteiger partial charge in [0.2, 0.25) is 5.91 Å². The van der Waals surface area contributed by atoms with Gasteiger partial charge in [0.05, 0.1) is 13.5 Å². The van der Waals surface area contributed by atoms with E-state index in [2.05, 4.69) is 5.16 Å². The predicted molar refractivity (Wildman–Crippen MR) is 90.4 cm³/mol. The van der Waals surface area contributed by atoms with E-state index in [-0.39, 0.29) is 18.7 Å². The highest BCUT2D eigenvalue weighted by atomic mass is 16.5. The van der Waals surface area contributed by atoms with Gasteiger partial charge in [-0.2, -0.15) is 0 Å². The van der Waals surface area contributed by atoms with E-state index < -0.39 is 5.97 Å². The second-order valence-corrected chi connectivity index (χ2v) is 6.42. The Hall–Kier alpha value is -2.57. The van der Waals surface area contributed by atoms with Crippen LogP contribution in [-0.2, 0) is 16.0 Å². The molecular formula is C18H22N2O5. The van der Waals surface area contributed by atoms with E-state index in [9.17, 15) is 9.59 Å². The van der Waals surface area contributed by atoms with Crippen LogP contribution in [0.3, 0.4) is 0 Å². The molecule has 0 saturated carbocycles. The van der Waals surface area contributed by atoms with E-state index in [0.717, 1.165) is 18.2 Å². The van der Waals surface area contributed by atoms with Crippen LogP contribution in [0.4, 0.5) is 0 Å². The van der Waals surface area contributed by atoms with Crippen molar-refractivity contribution in [1.82, 2.24) is 10.1 Å². The van der Waals surface area contributed by atoms with Crippen molar-refractivity contribution in [2.24, 2.45) is 5.92 Å². The quantitative estimate of drug-likeness (QED) is 0.864. The summed E-state index contributed by atoms with van der Waals surface area (Å²) in [6.45, 7) is 1.34. The summed E-state index contributed by atoms with van der Waals surface area (Å²) in [4.78, 5) is 25.0. The average molecular weight is 346 g/mol. The van der Waals surface area contributed by atoms with Gasteiger partial charge in [0, 0.05) is 24.9 Å². The van der Waals surface area contributed by atoms with Gasteiger partial charge < -0.3 is 19.3 Å². The van der Waals surface area contributed by atoms with Crippen molar-refractivity contribution in [2.45, 2.75) is 32.1 Å². The standard InChI is InChI=1S/C18H22N2O5/c1-24-13-3-4-16-14(10-13)15(19-25-16)11-17(21)20-8-6-12(7-9-20)2-5-18(22)23/h3-4,10,12H,2,5-9,11H2,1H3,(H,22,23). The first-order valence-electron chi connectivity index (χ1n) is 8.48. The van der Waals surface area contributed by atoms with Gasteiger partial charge in [0.15, 0.2) is 5.58 Å². The van der Waals surface area contributed by atoms with Gasteiger partial charge in [-0.05, 0) is 43.4 Å². The van der Waals surface area contributed by atoms with Crippen molar-refractivity contribution in [3.63, 3.8) is 0 Å². The Balaban J connectivity index is 1.59. The molecule has 0 spiro atoms. The lowest BCUT2D eigenvalue weighted by molar-refractivity contribution is -0.138. The van der Waals surface area contributed by atoms with Gasteiger partial charge in [-0.25, -0.2) is 0 Å². The van der Waals surface area contributed by atoms with Crippen molar-refractivity contribution >= 4 is 22.8 Å². The molecule has 3 rings (SSSR count). The molecule has 134 valence electrons. The van der Waals surface area contributed by atoms with Crippen LogP contribution in [0.5, 0.6) is 5.75 Å². The summed E-state index contributed by atoms with van der Waals surface area (Å²) in [5, 5.41) is 13.6. The lowest BCUT2D eigenvalue weighted by Gasteiger charge is -2.31. The molecule has 1 aromatic carbocycles. The summed E-state index contributed by atoms with van der Waals surface area (Å²) < 4.78 is 10.5. The number of carboxylic acids is 1. The zero-order valence-corrected chi connectivity index (χ0v) is 14.2. The monoisotopic (exact) mass is 346 g/mol. The van der Waals surface area contributed by atoms with Crippen LogP contribution in [0.1, 0.15) is 31.4 Å². The number of likely N-dealkylation sites (tertiary alicyclic amines) is 1. The van der Waals surface area contributed by atoms with E-state index in [0.29, 0.717) is 42.5 Å². The molecule has 0 radical (unpaired) electrons. The smallest absolute Gasteiger partial charge is 0.303 e. The molecule has 2 aromatic rings. The minimum atomic E-state index is -0.758. The zero-order valence-electron chi connectivity index (χ0n) is 14.2. The lowest BCUT2D eigenvalue weighted by atomic mass is 9.92. The Morgan fingerprint density at radius 3 is 2.80 bits per heavy atom. The molecule has 1 N–H and O–H groups in total. The van der Waals surface area contributed by atoms with Gasteiger partial charge >= 0.3 is 5.97 Å². The maximum Gasteiger partial charge on any atom is 0.303 e. The topological polar surface area (TPSA) is 92.9 Å². The summed E-state index contributed by atoms with van der Waals surface area (Å²) in [5.41, 5.74) is 1.25. The first-order valence-corrected chi connectivity index (χ1v) is 8.48. The molecule has 1 saturated heterocycles. The third-order valence-corrected chi connectivity index (χ3v) is 4.80. The number of aliphatic carboxylic acids is 1. The summed E-state index contributed by atoms with van der Waals surface area (Å²) in [7, 11) is 1.59. The Morgan fingerprint density at radius 1 is 1.36 bits per heavy atom. The fourth-order valence-electron chi connectivity index (χ4n) is 3.28. The number of aromatic nitrogens is 1. The molecule has 0 unspecified atom stereocenters. The van der Waals surface area contributed by atoms with Gasteiger partial charge in [-0.1, -0.05) is 5.16 Å². The van der Waals surface area contributed by atoms with Gasteiger partial charge in [0.25, 0.3) is 0 Å². The number of hydrogen-bond donors (Lipinski definition) is 1. The zero-order chi connectivity index (χ0) is 17.8. The van der Waals surface area contributed by atoms with Crippen LogP contribution in [-0.4, -0.2) is 47.2 Å². The van der Waals surface area contributed by atoms with Gasteiger partial charge in [-0.3, -0.25) is 9.59 Å². The van der Waals surface area contributed by atoms with Crippen molar-refractivity contribution in [3.8, 4) is 5.75 Å². The van der Waals surface area contributed by atoms with Crippen LogP contribution in [0, 0.1) is 5.92 Å². The van der Waals surface area contributed by atoms with E-state index >= 15 is 0 Å². The first kappa shape index (κ1) is 17.3. The number of benzene rings is 1. The van der Waals surface area contributed by atoms with E-state index in [1.165, 1.54) is 0 Å². The van der Waals surface area contributed by atoms with Crippen molar-refractivity contribution in [3.05, 3.63) is 23.9 Å². The Labute approximate surface area is 145 Å². The molecule has 1 aliphatic heterocycles. The molecule has 1 aliphatic rings. The predicted octanol–water partition coefficient (Wildman–Crippen LogP) is 2.48. The van der Waals surface area contributed by atoms with Crippen LogP contribution in [0.25, 0.3) is 11.0 Å². The SMILES string of the molecule is COc1ccc2onc(CC(=O)N3CCC(CCC(=O)O)CC3)c2c1. The first-order chi connectivity index (χ1) is 12.1. The van der Waals surface area contributed by atoms with Crippen molar-refractivity contribution in [2.75, 3.05) is 20.2 Å². The number of fused-ring (bicyclic) bond motifs is 1. The van der Waals surface area contributed by atoms with Crippen molar-refractivity contribution in [1.29, 1.82) is 0 Å². The third kappa shape index (κ3) is 4.10. The number of carboxylic acid groups (broad SMARTS) is 1. The highest BCUT2D eigenvalue weighted by Gasteiger charge is 2.24. The van der Waals surface area contributed by atoms with Crippen LogP contribution >= 0.6 is 0 Å². The van der Waals surface area contributed by atoms with Crippen LogP contribution < -0.4 is 4.74 Å². The summed E-state index contributed by atoms with van der Waals surface area (Å²) >= 11 is 0. The molecule has 1 aromatic heterocycles. The van der Waals surface area contributed by atoms with Crippen molar-refractivity contribution < 1.29 is 24.0 Å². The number of carbonyl (C=O) groups excluding carboxylic acids is 1. The number of rotatable bonds is 6. The Morgan fingerprint density at radius 2 is 2.12 bits per heavy atom. The molecule has 2 heterocycles. The Kier molecular flexibility index (Phi) is 5.21. The summed E-state index contributed by atoms with van der Waals surface area (Å²) in [6.07, 6.45) is 2.79. The second kappa shape index (κ2) is 7.55. The second-order valence-electron chi connectivity index (χ2n) is 6.42. The fourth-order valence-corrected chi connectivity index (χ4v) is 3.28. The van der Waals surface area contributed by atoms with E-state index in [1.807, 2.05) is 11.0 Å². The molecule has 0 bridgehead atoms. The van der Waals surface area contributed by atoms with Crippen LogP contribution in [0.2, 0.25) is 0 Å². The molecule has 0 atom stereocenters. The Bertz CT molecular complexity index is 762. The van der Waals surface area contributed by atoms with Gasteiger partial charge in [-0.15, -0.1) is 0 Å². The van der Waals surface area contributed by atoms with Gasteiger partial charge in [0.1, 0.15) is 11.4 Å². The minimum Gasteiger partial charge on any atom is -0.497 e. The summed E-state index contributed by atoms with van der Waals surface area (Å²) in [6, 6.07) is 5.40. The number of nitrogens with zero attached hydrogens (tertiary/aromatic N) is 2. The normalized spacial score (nSPS) is 15.5. The average Bonchev–Trinajstić information content (AvgIpc) is 3.02. The molecule has 7 nitrogen and oxygen atoms in total. The van der Waals surface area contributed by atoms with Crippen LogP contribution in [0.15, 0.2) is 22.7 Å². The minimum absolute atomic E-state index is 0.0229. The molecule has 0 aliphatic carbocycles. The highest BCUT2D eigenvalue weighted by molar-refractivity contribution is 5.87. The number of carbonyl (C=O) groups is 2. The molecule has 7 heteroatoms. The highest BCUT2D eigenvalue weighted by Crippen LogP contribution is 2.26. The molecular weight excluding hydrogens is 324 g/mol. The van der Waals surface area contributed by atoms with E-state index in [4.69, 9.17) is 14.4 Å². The number of piperidine rings is 1. The molecule has 25 heavy (non-hydrogen) atoms. The third-order valence-electron chi connectivity index (χ3n) is 4.80. The summed E-state index contributed by atoms with van der Waals surface area (Å²) in [5.74, 6) is 0.350. The molecule has 1 amide bonds. The fraction of sp³-hybridized carbons (Fsp3) is 0.500. The number of ether oxygens (including phenoxy) is 1. The van der Waals surface area contributed by atoms with E-state index in [1.54, 1.807) is 19.2 Å². The largest absolute Gasteiger partial charge is 0.497 e. The lowest BCUT2D eigenvalue weighted by Crippen LogP contribution is -2.39. The molecule has 1 fully saturated rings. The number of amides is 1. The number of methoxy groups -OCH3 is 1.